The molecule has 0 radical (unpaired) electrons. The Morgan fingerprint density at radius 3 is 2.67 bits per heavy atom. The third-order valence-corrected chi connectivity index (χ3v) is 0.675. The van der Waals surface area contributed by atoms with Gasteiger partial charge in [-0.25, -0.2) is 0 Å². The Kier molecular flexibility index (Phi) is 4.00. The van der Waals surface area contributed by atoms with E-state index >= 15 is 0 Å². The fraction of sp³-hybridized carbons (Fsp3) is 0.800. The lowest BCUT2D eigenvalue weighted by Crippen LogP contribution is -2.10. The molecule has 0 spiro atoms. The van der Waals surface area contributed by atoms with Crippen molar-refractivity contribution in [3.63, 3.8) is 0 Å². The van der Waals surface area contributed by atoms with Gasteiger partial charge in [0.25, 0.3) is 0 Å². The van der Waals surface area contributed by atoms with Crippen LogP contribution in [0.15, 0.2) is 0 Å². The van der Waals surface area contributed by atoms with Gasteiger partial charge < -0.3 is 14.9 Å². The van der Waals surface area contributed by atoms with Gasteiger partial charge in [-0.05, 0) is 6.92 Å². The van der Waals surface area contributed by atoms with Crippen molar-refractivity contribution in [2.45, 2.75) is 19.6 Å². The van der Waals surface area contributed by atoms with E-state index in [0.29, 0.717) is 0 Å². The third-order valence-electron chi connectivity index (χ3n) is 0.675. The van der Waals surface area contributed by atoms with Crippen LogP contribution in [0, 0.1) is 0 Å². The lowest BCUT2D eigenvalue weighted by atomic mass is 10.5. The molecular weight excluding hydrogens is 124 g/mol. The zero-order chi connectivity index (χ0) is 7.28. The maximum atomic E-state index is 9.82. The lowest BCUT2D eigenvalue weighted by molar-refractivity contribution is -0.141. The fourth-order valence-corrected chi connectivity index (χ4v) is 0.317. The van der Waals surface area contributed by atoms with Gasteiger partial charge in [0.15, 0.2) is 6.29 Å². The van der Waals surface area contributed by atoms with E-state index < -0.39 is 12.3 Å². The predicted molar refractivity (Wildman–Crippen MR) is 29.9 cm³/mol. The molecule has 0 aliphatic carbocycles. The molecule has 0 saturated heterocycles. The van der Waals surface area contributed by atoms with Crippen molar-refractivity contribution in [1.29, 1.82) is 0 Å². The topological polar surface area (TPSA) is 66.8 Å². The summed E-state index contributed by atoms with van der Waals surface area (Å²) in [5.74, 6) is -0.921. The van der Waals surface area contributed by atoms with Crippen LogP contribution in [0.5, 0.6) is 0 Å². The number of carboxylic acids is 1. The second-order valence-corrected chi connectivity index (χ2v) is 1.61. The van der Waals surface area contributed by atoms with Crippen LogP contribution in [0.1, 0.15) is 13.3 Å². The van der Waals surface area contributed by atoms with Gasteiger partial charge in [-0.1, -0.05) is 0 Å². The average Bonchev–Trinajstić information content (AvgIpc) is 1.63. The Labute approximate surface area is 53.1 Å². The van der Waals surface area contributed by atoms with E-state index in [-0.39, 0.29) is 13.0 Å². The summed E-state index contributed by atoms with van der Waals surface area (Å²) in [6.45, 7) is 1.49. The molecule has 1 unspecified atom stereocenters. The highest BCUT2D eigenvalue weighted by atomic mass is 16.6. The molecule has 0 bridgehead atoms. The minimum Gasteiger partial charge on any atom is -0.481 e. The Morgan fingerprint density at radius 1 is 1.78 bits per heavy atom. The van der Waals surface area contributed by atoms with Crippen LogP contribution in [-0.2, 0) is 9.53 Å². The summed E-state index contributed by atoms with van der Waals surface area (Å²) in [5.41, 5.74) is 0. The first kappa shape index (κ1) is 8.39. The molecule has 0 fully saturated rings. The molecule has 0 aromatic carbocycles. The van der Waals surface area contributed by atoms with Gasteiger partial charge in [0.1, 0.15) is 0 Å². The Balaban J connectivity index is 3.01. The number of carboxylic acid groups (broad SMARTS) is 1. The highest BCUT2D eigenvalue weighted by Gasteiger charge is 1.97. The molecule has 0 amide bonds. The lowest BCUT2D eigenvalue weighted by Gasteiger charge is -2.02. The molecule has 0 saturated carbocycles. The van der Waals surface area contributed by atoms with Crippen LogP contribution in [0.2, 0.25) is 0 Å². The summed E-state index contributed by atoms with van der Waals surface area (Å²) in [6.07, 6.45) is -0.936. The van der Waals surface area contributed by atoms with E-state index in [1.807, 2.05) is 0 Å². The molecule has 0 aliphatic heterocycles. The molecule has 54 valence electrons. The van der Waals surface area contributed by atoms with Gasteiger partial charge in [-0.15, -0.1) is 0 Å². The fourth-order valence-electron chi connectivity index (χ4n) is 0.317. The van der Waals surface area contributed by atoms with Crippen molar-refractivity contribution in [2.75, 3.05) is 6.61 Å². The summed E-state index contributed by atoms with van der Waals surface area (Å²) in [7, 11) is 0. The van der Waals surface area contributed by atoms with Gasteiger partial charge in [0.2, 0.25) is 0 Å². The molecule has 2 N–H and O–H groups in total. The molecule has 1 atom stereocenters. The quantitative estimate of drug-likeness (QED) is 0.523. The number of aliphatic hydroxyl groups excluding tert-OH is 1. The highest BCUT2D eigenvalue weighted by Crippen LogP contribution is 1.86. The van der Waals surface area contributed by atoms with E-state index in [9.17, 15) is 4.79 Å². The molecule has 9 heavy (non-hydrogen) atoms. The largest absolute Gasteiger partial charge is 0.481 e. The van der Waals surface area contributed by atoms with E-state index in [2.05, 4.69) is 4.74 Å². The first-order valence-corrected chi connectivity index (χ1v) is 2.64. The molecule has 4 nitrogen and oxygen atoms in total. The van der Waals surface area contributed by atoms with Crippen LogP contribution >= 0.6 is 0 Å². The number of rotatable bonds is 4. The number of ether oxygens (including phenoxy) is 1. The van der Waals surface area contributed by atoms with Gasteiger partial charge in [0, 0.05) is 0 Å². The summed E-state index contributed by atoms with van der Waals surface area (Å²) in [6, 6.07) is 0. The first-order chi connectivity index (χ1) is 4.13. The van der Waals surface area contributed by atoms with Crippen molar-refractivity contribution >= 4 is 5.97 Å². The maximum Gasteiger partial charge on any atom is 0.305 e. The minimum atomic E-state index is -0.921. The summed E-state index contributed by atoms with van der Waals surface area (Å²) < 4.78 is 4.53. The summed E-state index contributed by atoms with van der Waals surface area (Å²) >= 11 is 0. The van der Waals surface area contributed by atoms with Crippen molar-refractivity contribution < 1.29 is 19.7 Å². The monoisotopic (exact) mass is 134 g/mol. The molecule has 0 aromatic rings. The van der Waals surface area contributed by atoms with Crippen LogP contribution in [-0.4, -0.2) is 29.1 Å². The second kappa shape index (κ2) is 4.29. The van der Waals surface area contributed by atoms with Gasteiger partial charge in [-0.3, -0.25) is 4.79 Å². The van der Waals surface area contributed by atoms with Gasteiger partial charge in [0.05, 0.1) is 13.0 Å². The Hall–Kier alpha value is -0.610. The molecular formula is C5H10O4. The zero-order valence-electron chi connectivity index (χ0n) is 5.20. The van der Waals surface area contributed by atoms with Crippen LogP contribution in [0.4, 0.5) is 0 Å². The minimum absolute atomic E-state index is 0.0625. The second-order valence-electron chi connectivity index (χ2n) is 1.61. The normalized spacial score (nSPS) is 13.1. The summed E-state index contributed by atoms with van der Waals surface area (Å²) in [5, 5.41) is 16.5. The zero-order valence-corrected chi connectivity index (χ0v) is 5.20. The SMILES string of the molecule is CC(O)OCCC(=O)O. The van der Waals surface area contributed by atoms with Gasteiger partial charge >= 0.3 is 5.97 Å². The van der Waals surface area contributed by atoms with Crippen molar-refractivity contribution in [3.05, 3.63) is 0 Å². The van der Waals surface area contributed by atoms with Crippen molar-refractivity contribution in [3.8, 4) is 0 Å². The number of hydrogen-bond donors (Lipinski definition) is 2. The summed E-state index contributed by atoms with van der Waals surface area (Å²) in [4.78, 5) is 9.82. The molecule has 0 aromatic heterocycles. The number of aliphatic hydroxyl groups is 1. The number of carbonyl (C=O) groups is 1. The maximum absolute atomic E-state index is 9.82. The first-order valence-electron chi connectivity index (χ1n) is 2.64. The molecule has 0 aliphatic rings. The van der Waals surface area contributed by atoms with E-state index in [0.717, 1.165) is 0 Å². The smallest absolute Gasteiger partial charge is 0.305 e. The highest BCUT2D eigenvalue weighted by molar-refractivity contribution is 5.66. The molecule has 0 heterocycles. The number of aliphatic carboxylic acids is 1. The molecule has 0 rings (SSSR count). The van der Waals surface area contributed by atoms with Crippen molar-refractivity contribution in [1.82, 2.24) is 0 Å². The van der Waals surface area contributed by atoms with Crippen LogP contribution in [0.25, 0.3) is 0 Å². The third kappa shape index (κ3) is 7.39. The predicted octanol–water partition coefficient (Wildman–Crippen LogP) is -0.184. The van der Waals surface area contributed by atoms with Crippen LogP contribution in [0.3, 0.4) is 0 Å². The Bertz CT molecular complexity index is 89.0. The standard InChI is InChI=1S/C5H10O4/c1-4(6)9-3-2-5(7)8/h4,6H,2-3H2,1H3,(H,7,8). The van der Waals surface area contributed by atoms with Crippen LogP contribution < -0.4 is 0 Å². The van der Waals surface area contributed by atoms with Crippen molar-refractivity contribution in [2.24, 2.45) is 0 Å². The Morgan fingerprint density at radius 2 is 2.33 bits per heavy atom. The molecule has 4 heteroatoms. The van der Waals surface area contributed by atoms with E-state index in [1.165, 1.54) is 6.92 Å². The van der Waals surface area contributed by atoms with E-state index in [1.54, 1.807) is 0 Å². The number of hydrogen-bond acceptors (Lipinski definition) is 3. The average molecular weight is 134 g/mol. The van der Waals surface area contributed by atoms with Gasteiger partial charge in [-0.2, -0.15) is 0 Å². The van der Waals surface area contributed by atoms with E-state index in [4.69, 9.17) is 10.2 Å².